The van der Waals surface area contributed by atoms with Gasteiger partial charge in [0.1, 0.15) is 5.82 Å². The van der Waals surface area contributed by atoms with E-state index in [1.54, 1.807) is 12.1 Å². The molecule has 82 valence electrons. The number of hydrogen-bond donors (Lipinski definition) is 1. The summed E-state index contributed by atoms with van der Waals surface area (Å²) in [5.74, 6) is -0.912. The van der Waals surface area contributed by atoms with Gasteiger partial charge in [-0.25, -0.2) is 9.07 Å². The average Bonchev–Trinajstić information content (AvgIpc) is 2.70. The van der Waals surface area contributed by atoms with Crippen molar-refractivity contribution in [2.45, 2.75) is 6.54 Å². The summed E-state index contributed by atoms with van der Waals surface area (Å²) in [6.45, 7) is 0.417. The zero-order valence-corrected chi connectivity index (χ0v) is 8.30. The summed E-state index contributed by atoms with van der Waals surface area (Å²) in [6.07, 6.45) is 1.45. The summed E-state index contributed by atoms with van der Waals surface area (Å²) < 4.78 is 14.1. The van der Waals surface area contributed by atoms with E-state index in [0.29, 0.717) is 6.54 Å². The minimum atomic E-state index is -0.620. The second-order valence-electron chi connectivity index (χ2n) is 3.29. The van der Waals surface area contributed by atoms with E-state index in [1.807, 2.05) is 0 Å². The van der Waals surface area contributed by atoms with Crippen LogP contribution in [0.25, 0.3) is 0 Å². The van der Waals surface area contributed by atoms with Crippen LogP contribution in [0.3, 0.4) is 0 Å². The third-order valence-corrected chi connectivity index (χ3v) is 2.05. The third kappa shape index (κ3) is 2.22. The van der Waals surface area contributed by atoms with Crippen LogP contribution < -0.4 is 5.73 Å². The first-order chi connectivity index (χ1) is 7.65. The molecule has 0 aliphatic rings. The lowest BCUT2D eigenvalue weighted by Crippen LogP contribution is -2.11. The van der Waals surface area contributed by atoms with Crippen LogP contribution in [0.15, 0.2) is 30.5 Å². The van der Waals surface area contributed by atoms with E-state index in [-0.39, 0.29) is 11.5 Å². The largest absolute Gasteiger partial charge is 0.364 e. The van der Waals surface area contributed by atoms with Crippen LogP contribution in [0.5, 0.6) is 0 Å². The van der Waals surface area contributed by atoms with E-state index >= 15 is 0 Å². The minimum Gasteiger partial charge on any atom is -0.364 e. The molecule has 1 aromatic carbocycles. The van der Waals surface area contributed by atoms with E-state index in [4.69, 9.17) is 5.73 Å². The molecule has 0 saturated heterocycles. The molecule has 6 heteroatoms. The highest BCUT2D eigenvalue weighted by Crippen LogP contribution is 2.04. The van der Waals surface area contributed by atoms with Crippen LogP contribution in [0, 0.1) is 5.82 Å². The van der Waals surface area contributed by atoms with Gasteiger partial charge in [0, 0.05) is 0 Å². The Balaban J connectivity index is 2.14. The summed E-state index contributed by atoms with van der Waals surface area (Å²) in [6, 6.07) is 6.00. The maximum Gasteiger partial charge on any atom is 0.270 e. The van der Waals surface area contributed by atoms with Crippen molar-refractivity contribution < 1.29 is 9.18 Å². The Kier molecular flexibility index (Phi) is 2.63. The van der Waals surface area contributed by atoms with Gasteiger partial charge in [0.25, 0.3) is 5.91 Å². The molecule has 1 heterocycles. The van der Waals surface area contributed by atoms with E-state index < -0.39 is 5.91 Å². The van der Waals surface area contributed by atoms with Crippen LogP contribution >= 0.6 is 0 Å². The van der Waals surface area contributed by atoms with Gasteiger partial charge in [-0.3, -0.25) is 4.79 Å². The van der Waals surface area contributed by atoms with Gasteiger partial charge in [0.2, 0.25) is 0 Å². The molecule has 0 aliphatic carbocycles. The fourth-order valence-electron chi connectivity index (χ4n) is 1.27. The number of nitrogens with two attached hydrogens (primary N) is 1. The van der Waals surface area contributed by atoms with Crippen molar-refractivity contribution in [2.75, 3.05) is 0 Å². The molecule has 16 heavy (non-hydrogen) atoms. The highest BCUT2D eigenvalue weighted by atomic mass is 19.1. The first-order valence-electron chi connectivity index (χ1n) is 4.59. The molecule has 1 aromatic heterocycles. The Hall–Kier alpha value is -2.24. The van der Waals surface area contributed by atoms with E-state index in [0.717, 1.165) is 5.56 Å². The van der Waals surface area contributed by atoms with Gasteiger partial charge in [0.05, 0.1) is 12.7 Å². The van der Waals surface area contributed by atoms with Gasteiger partial charge in [-0.15, -0.1) is 5.10 Å². The zero-order valence-electron chi connectivity index (χ0n) is 8.30. The third-order valence-electron chi connectivity index (χ3n) is 2.05. The van der Waals surface area contributed by atoms with Crippen LogP contribution in [0.1, 0.15) is 16.1 Å². The second-order valence-corrected chi connectivity index (χ2v) is 3.29. The maximum atomic E-state index is 12.6. The van der Waals surface area contributed by atoms with Gasteiger partial charge in [-0.1, -0.05) is 17.3 Å². The molecule has 2 N–H and O–H groups in total. The first kappa shape index (κ1) is 10.3. The number of nitrogens with zero attached hydrogens (tertiary/aromatic N) is 3. The second kappa shape index (κ2) is 4.09. The Morgan fingerprint density at radius 3 is 2.62 bits per heavy atom. The summed E-state index contributed by atoms with van der Waals surface area (Å²) >= 11 is 0. The van der Waals surface area contributed by atoms with Crippen molar-refractivity contribution in [1.82, 2.24) is 15.0 Å². The maximum absolute atomic E-state index is 12.6. The lowest BCUT2D eigenvalue weighted by Gasteiger charge is -1.99. The molecule has 2 rings (SSSR count). The first-order valence-corrected chi connectivity index (χ1v) is 4.59. The van der Waals surface area contributed by atoms with Gasteiger partial charge in [0.15, 0.2) is 5.69 Å². The monoisotopic (exact) mass is 220 g/mol. The highest BCUT2D eigenvalue weighted by Gasteiger charge is 2.06. The standard InChI is InChI=1S/C10H9FN4O/c11-8-3-1-7(2-4-8)5-15-6-9(10(12)16)13-14-15/h1-4,6H,5H2,(H2,12,16). The molecular weight excluding hydrogens is 211 g/mol. The molecule has 0 aliphatic heterocycles. The fraction of sp³-hybridized carbons (Fsp3) is 0.100. The molecule has 0 spiro atoms. The molecule has 5 nitrogen and oxygen atoms in total. The smallest absolute Gasteiger partial charge is 0.270 e. The zero-order chi connectivity index (χ0) is 11.5. The molecular formula is C10H9FN4O. The number of hydrogen-bond acceptors (Lipinski definition) is 3. The topological polar surface area (TPSA) is 73.8 Å². The van der Waals surface area contributed by atoms with Crippen molar-refractivity contribution >= 4 is 5.91 Å². The number of carbonyl (C=O) groups is 1. The summed E-state index contributed by atoms with van der Waals surface area (Å²) in [5, 5.41) is 7.32. The van der Waals surface area contributed by atoms with Gasteiger partial charge in [-0.05, 0) is 17.7 Å². The highest BCUT2D eigenvalue weighted by molar-refractivity contribution is 5.90. The number of primary amides is 1. The molecule has 0 saturated carbocycles. The van der Waals surface area contributed by atoms with Crippen molar-refractivity contribution in [3.05, 3.63) is 47.5 Å². The SMILES string of the molecule is NC(=O)c1cn(Cc2ccc(F)cc2)nn1. The van der Waals surface area contributed by atoms with E-state index in [1.165, 1.54) is 23.0 Å². The Labute approximate surface area is 90.7 Å². The summed E-state index contributed by atoms with van der Waals surface area (Å²) in [5.41, 5.74) is 6.01. The number of aromatic nitrogens is 3. The molecule has 0 atom stereocenters. The molecule has 1 amide bonds. The van der Waals surface area contributed by atoms with Crippen LogP contribution in [0.2, 0.25) is 0 Å². The fourth-order valence-corrected chi connectivity index (χ4v) is 1.27. The van der Waals surface area contributed by atoms with Crippen LogP contribution in [-0.2, 0) is 6.54 Å². The Morgan fingerprint density at radius 2 is 2.06 bits per heavy atom. The predicted molar refractivity (Wildman–Crippen MR) is 54.0 cm³/mol. The predicted octanol–water partition coefficient (Wildman–Crippen LogP) is 0.564. The van der Waals surface area contributed by atoms with Crippen molar-refractivity contribution in [3.63, 3.8) is 0 Å². The number of halogens is 1. The Morgan fingerprint density at radius 1 is 1.38 bits per heavy atom. The summed E-state index contributed by atoms with van der Waals surface area (Å²) in [4.78, 5) is 10.8. The normalized spacial score (nSPS) is 10.3. The molecule has 0 fully saturated rings. The molecule has 2 aromatic rings. The molecule has 0 unspecified atom stereocenters. The van der Waals surface area contributed by atoms with Crippen molar-refractivity contribution in [3.8, 4) is 0 Å². The molecule has 0 bridgehead atoms. The number of amides is 1. The van der Waals surface area contributed by atoms with E-state index in [2.05, 4.69) is 10.3 Å². The number of rotatable bonds is 3. The Bertz CT molecular complexity index is 506. The lowest BCUT2D eigenvalue weighted by molar-refractivity contribution is 0.0995. The van der Waals surface area contributed by atoms with Crippen LogP contribution in [0.4, 0.5) is 4.39 Å². The molecule has 0 radical (unpaired) electrons. The lowest BCUT2D eigenvalue weighted by atomic mass is 10.2. The van der Waals surface area contributed by atoms with Crippen molar-refractivity contribution in [2.24, 2.45) is 5.73 Å². The van der Waals surface area contributed by atoms with Gasteiger partial charge < -0.3 is 5.73 Å². The number of benzene rings is 1. The van der Waals surface area contributed by atoms with Gasteiger partial charge in [-0.2, -0.15) is 0 Å². The van der Waals surface area contributed by atoms with Gasteiger partial charge >= 0.3 is 0 Å². The van der Waals surface area contributed by atoms with E-state index in [9.17, 15) is 9.18 Å². The average molecular weight is 220 g/mol. The van der Waals surface area contributed by atoms with Crippen molar-refractivity contribution in [1.29, 1.82) is 0 Å². The van der Waals surface area contributed by atoms with Crippen LogP contribution in [-0.4, -0.2) is 20.9 Å². The number of carbonyl (C=O) groups excluding carboxylic acids is 1. The summed E-state index contributed by atoms with van der Waals surface area (Å²) in [7, 11) is 0. The minimum absolute atomic E-state index is 0.113. The quantitative estimate of drug-likeness (QED) is 0.821.